The number of rotatable bonds is 5. The van der Waals surface area contributed by atoms with Gasteiger partial charge in [-0.05, 0) is 119 Å². The van der Waals surface area contributed by atoms with E-state index in [9.17, 15) is 19.7 Å². The molecular weight excluding hydrogens is 442 g/mol. The lowest BCUT2D eigenvalue weighted by Gasteiger charge is -2.55. The third-order valence-corrected chi connectivity index (χ3v) is 10.7. The van der Waals surface area contributed by atoms with E-state index in [0.717, 1.165) is 38.5 Å². The van der Waals surface area contributed by atoms with Crippen LogP contribution in [0.5, 0.6) is 0 Å². The van der Waals surface area contributed by atoms with Gasteiger partial charge in [-0.25, -0.2) is 0 Å². The van der Waals surface area contributed by atoms with Crippen LogP contribution < -0.4 is 10.6 Å². The molecule has 35 heavy (non-hydrogen) atoms. The number of nitrogens with one attached hydrogen (secondary N) is 2. The van der Waals surface area contributed by atoms with Crippen LogP contribution in [-0.4, -0.2) is 16.7 Å². The number of nitro groups is 1. The van der Waals surface area contributed by atoms with Gasteiger partial charge in [0.1, 0.15) is 0 Å². The van der Waals surface area contributed by atoms with Crippen LogP contribution in [0.1, 0.15) is 77.0 Å². The molecule has 1 aromatic carbocycles. The van der Waals surface area contributed by atoms with Crippen molar-refractivity contribution in [3.8, 4) is 0 Å². The smallest absolute Gasteiger partial charge is 0.273 e. The predicted molar refractivity (Wildman–Crippen MR) is 132 cm³/mol. The van der Waals surface area contributed by atoms with Crippen LogP contribution in [0, 0.1) is 56.5 Å². The van der Waals surface area contributed by atoms with Crippen molar-refractivity contribution in [3.63, 3.8) is 0 Å². The average molecular weight is 478 g/mol. The highest BCUT2D eigenvalue weighted by Crippen LogP contribution is 2.61. The molecule has 0 heterocycles. The standard InChI is InChI=1S/C28H35N3O4/c32-25(27-10-16-1-17(11-27)3-18(2-16)12-27)29-22-7-23(9-24(8-22)31(34)35)30-26(33)28-13-19-4-20(14-28)6-21(5-19)15-28/h7-9,16-21H,1-6,10-15H2,(H,29,32)(H,30,33). The van der Waals surface area contributed by atoms with Crippen molar-refractivity contribution >= 4 is 28.9 Å². The van der Waals surface area contributed by atoms with Crippen molar-refractivity contribution in [2.75, 3.05) is 10.6 Å². The van der Waals surface area contributed by atoms with Gasteiger partial charge in [0.25, 0.3) is 5.69 Å². The van der Waals surface area contributed by atoms with E-state index in [0.29, 0.717) is 46.9 Å². The van der Waals surface area contributed by atoms with E-state index in [1.165, 1.54) is 50.7 Å². The average Bonchev–Trinajstić information content (AvgIpc) is 2.77. The van der Waals surface area contributed by atoms with Crippen molar-refractivity contribution < 1.29 is 14.5 Å². The molecule has 8 saturated carbocycles. The first-order valence-corrected chi connectivity index (χ1v) is 13.7. The normalized spacial score (nSPS) is 42.2. The molecule has 8 aliphatic carbocycles. The predicted octanol–water partition coefficient (Wildman–Crippen LogP) is 5.90. The van der Waals surface area contributed by atoms with Gasteiger partial charge in [-0.15, -0.1) is 0 Å². The van der Waals surface area contributed by atoms with Gasteiger partial charge in [-0.2, -0.15) is 0 Å². The molecule has 7 heteroatoms. The zero-order chi connectivity index (χ0) is 23.9. The Morgan fingerprint density at radius 1 is 0.657 bits per heavy atom. The number of amides is 2. The third-order valence-electron chi connectivity index (χ3n) is 10.7. The molecule has 7 nitrogen and oxygen atoms in total. The number of nitrogens with zero attached hydrogens (tertiary/aromatic N) is 1. The fraction of sp³-hybridized carbons (Fsp3) is 0.714. The lowest BCUT2D eigenvalue weighted by atomic mass is 9.49. The number of carbonyl (C=O) groups excluding carboxylic acids is 2. The summed E-state index contributed by atoms with van der Waals surface area (Å²) in [5.41, 5.74) is 0.0693. The van der Waals surface area contributed by atoms with Crippen molar-refractivity contribution in [1.82, 2.24) is 0 Å². The van der Waals surface area contributed by atoms with Crippen molar-refractivity contribution in [1.29, 1.82) is 0 Å². The Kier molecular flexibility index (Phi) is 4.69. The first-order chi connectivity index (χ1) is 16.8. The van der Waals surface area contributed by atoms with E-state index in [2.05, 4.69) is 10.6 Å². The molecule has 8 aliphatic rings. The molecule has 0 unspecified atom stereocenters. The molecule has 0 saturated heterocycles. The summed E-state index contributed by atoms with van der Waals surface area (Å²) < 4.78 is 0. The van der Waals surface area contributed by atoms with E-state index in [-0.39, 0.29) is 28.3 Å². The molecule has 0 atom stereocenters. The second-order valence-electron chi connectivity index (χ2n) is 13.3. The van der Waals surface area contributed by atoms with Gasteiger partial charge in [-0.1, -0.05) is 0 Å². The van der Waals surface area contributed by atoms with Crippen LogP contribution in [0.3, 0.4) is 0 Å². The van der Waals surface area contributed by atoms with Crippen LogP contribution in [-0.2, 0) is 9.59 Å². The lowest BCUT2D eigenvalue weighted by Crippen LogP contribution is -2.52. The summed E-state index contributed by atoms with van der Waals surface area (Å²) in [5.74, 6) is 3.89. The van der Waals surface area contributed by atoms with Crippen LogP contribution in [0.4, 0.5) is 17.1 Å². The second kappa shape index (κ2) is 7.53. The highest BCUT2D eigenvalue weighted by molar-refractivity contribution is 5.99. The fourth-order valence-electron chi connectivity index (χ4n) is 10.2. The summed E-state index contributed by atoms with van der Waals surface area (Å²) in [6.45, 7) is 0. The largest absolute Gasteiger partial charge is 0.325 e. The molecule has 8 fully saturated rings. The number of nitro benzene ring substituents is 1. The molecule has 2 amide bonds. The summed E-state index contributed by atoms with van der Waals surface area (Å²) in [5, 5.41) is 17.8. The molecule has 2 N–H and O–H groups in total. The van der Waals surface area contributed by atoms with Gasteiger partial charge in [0, 0.05) is 23.5 Å². The highest BCUT2D eigenvalue weighted by Gasteiger charge is 2.56. The number of non-ortho nitro benzene ring substituents is 1. The van der Waals surface area contributed by atoms with Gasteiger partial charge in [0.15, 0.2) is 0 Å². The zero-order valence-electron chi connectivity index (χ0n) is 20.3. The minimum Gasteiger partial charge on any atom is -0.325 e. The van der Waals surface area contributed by atoms with Crippen LogP contribution >= 0.6 is 0 Å². The Bertz CT molecular complexity index is 965. The minimum atomic E-state index is -0.444. The first-order valence-electron chi connectivity index (χ1n) is 13.7. The highest BCUT2D eigenvalue weighted by atomic mass is 16.6. The van der Waals surface area contributed by atoms with Crippen LogP contribution in [0.2, 0.25) is 0 Å². The molecular formula is C28H35N3O4. The van der Waals surface area contributed by atoms with Crippen LogP contribution in [0.15, 0.2) is 18.2 Å². The maximum Gasteiger partial charge on any atom is 0.273 e. The fourth-order valence-corrected chi connectivity index (χ4v) is 10.2. The summed E-state index contributed by atoms with van der Waals surface area (Å²) in [6.07, 6.45) is 13.2. The number of hydrogen-bond acceptors (Lipinski definition) is 4. The van der Waals surface area contributed by atoms with Gasteiger partial charge in [0.05, 0.1) is 15.8 Å². The summed E-state index contributed by atoms with van der Waals surface area (Å²) in [7, 11) is 0. The monoisotopic (exact) mass is 477 g/mol. The minimum absolute atomic E-state index is 0.00968. The van der Waals surface area contributed by atoms with E-state index < -0.39 is 4.92 Å². The Labute approximate surface area is 206 Å². The first kappa shape index (κ1) is 21.8. The molecule has 0 aromatic heterocycles. The quantitative estimate of drug-likeness (QED) is 0.407. The maximum absolute atomic E-state index is 13.5. The van der Waals surface area contributed by atoms with E-state index >= 15 is 0 Å². The Hall–Kier alpha value is -2.44. The molecule has 1 aromatic rings. The van der Waals surface area contributed by atoms with Crippen LogP contribution in [0.25, 0.3) is 0 Å². The van der Waals surface area contributed by atoms with Gasteiger partial charge in [0.2, 0.25) is 11.8 Å². The van der Waals surface area contributed by atoms with E-state index in [4.69, 9.17) is 0 Å². The molecule has 0 spiro atoms. The number of anilines is 2. The Balaban J connectivity index is 1.12. The van der Waals surface area contributed by atoms with E-state index in [1.54, 1.807) is 6.07 Å². The molecule has 9 rings (SSSR count). The van der Waals surface area contributed by atoms with Crippen molar-refractivity contribution in [2.24, 2.45) is 46.3 Å². The lowest BCUT2D eigenvalue weighted by molar-refractivity contribution is -0.384. The zero-order valence-corrected chi connectivity index (χ0v) is 20.3. The van der Waals surface area contributed by atoms with Crippen molar-refractivity contribution in [2.45, 2.75) is 77.0 Å². The van der Waals surface area contributed by atoms with Gasteiger partial charge in [-0.3, -0.25) is 19.7 Å². The molecule has 8 bridgehead atoms. The second-order valence-corrected chi connectivity index (χ2v) is 13.3. The maximum atomic E-state index is 13.5. The summed E-state index contributed by atoms with van der Waals surface area (Å²) in [4.78, 5) is 38.3. The number of benzene rings is 1. The Morgan fingerprint density at radius 2 is 0.971 bits per heavy atom. The SMILES string of the molecule is O=C(Nc1cc(NC(=O)C23CC4CC(CC(C4)C2)C3)cc([N+](=O)[O-])c1)C12CC3CC(CC(C3)C1)C2. The van der Waals surface area contributed by atoms with Gasteiger partial charge < -0.3 is 10.6 Å². The molecule has 186 valence electrons. The topological polar surface area (TPSA) is 101 Å². The third kappa shape index (κ3) is 3.60. The summed E-state index contributed by atoms with van der Waals surface area (Å²) in [6, 6.07) is 4.57. The summed E-state index contributed by atoms with van der Waals surface area (Å²) >= 11 is 0. The number of carbonyl (C=O) groups is 2. The van der Waals surface area contributed by atoms with Crippen molar-refractivity contribution in [3.05, 3.63) is 28.3 Å². The van der Waals surface area contributed by atoms with Gasteiger partial charge >= 0.3 is 0 Å². The molecule has 0 aliphatic heterocycles. The Morgan fingerprint density at radius 3 is 1.26 bits per heavy atom. The molecule has 0 radical (unpaired) electrons. The number of hydrogen-bond donors (Lipinski definition) is 2. The van der Waals surface area contributed by atoms with E-state index in [1.807, 2.05) is 0 Å².